The van der Waals surface area contributed by atoms with E-state index < -0.39 is 28.5 Å². The zero-order valence-corrected chi connectivity index (χ0v) is 28.9. The van der Waals surface area contributed by atoms with Gasteiger partial charge >= 0.3 is 0 Å². The van der Waals surface area contributed by atoms with Crippen LogP contribution in [0.4, 0.5) is 5.69 Å². The van der Waals surface area contributed by atoms with Crippen molar-refractivity contribution in [3.8, 4) is 5.75 Å². The monoisotopic (exact) mass is 687 g/mol. The van der Waals surface area contributed by atoms with Gasteiger partial charge in [0, 0.05) is 24.0 Å². The molecule has 1 atom stereocenters. The lowest BCUT2D eigenvalue weighted by molar-refractivity contribution is -0.140. The summed E-state index contributed by atoms with van der Waals surface area (Å²) in [5.74, 6) is -0.277. The van der Waals surface area contributed by atoms with Crippen molar-refractivity contribution in [2.75, 3.05) is 18.0 Å². The Balaban J connectivity index is 1.56. The molecule has 252 valence electrons. The molecule has 48 heavy (non-hydrogen) atoms. The van der Waals surface area contributed by atoms with Crippen LogP contribution in [-0.4, -0.2) is 50.9 Å². The van der Waals surface area contributed by atoms with Gasteiger partial charge in [-0.2, -0.15) is 0 Å². The minimum atomic E-state index is -4.22. The number of carbonyl (C=O) groups is 2. The molecule has 8 nitrogen and oxygen atoms in total. The van der Waals surface area contributed by atoms with E-state index in [9.17, 15) is 18.0 Å². The number of rotatable bonds is 13. The van der Waals surface area contributed by atoms with Crippen LogP contribution in [0.5, 0.6) is 5.75 Å². The molecule has 5 rings (SSSR count). The number of ether oxygens (including phenoxy) is 1. The maximum absolute atomic E-state index is 14.7. The first-order valence-electron chi connectivity index (χ1n) is 16.3. The summed E-state index contributed by atoms with van der Waals surface area (Å²) in [4.78, 5) is 30.4. The zero-order chi connectivity index (χ0) is 34.1. The largest absolute Gasteiger partial charge is 0.497 e. The summed E-state index contributed by atoms with van der Waals surface area (Å²) in [5, 5.41) is 3.72. The third-order valence-corrected chi connectivity index (χ3v) is 10.7. The lowest BCUT2D eigenvalue weighted by atomic mass is 9.94. The molecular formula is C38H42ClN3O5S. The summed E-state index contributed by atoms with van der Waals surface area (Å²) in [5.41, 5.74) is 2.88. The third-order valence-electron chi connectivity index (χ3n) is 8.71. The molecule has 0 aromatic heterocycles. The molecule has 4 aromatic rings. The van der Waals surface area contributed by atoms with Crippen molar-refractivity contribution in [2.24, 2.45) is 0 Å². The fourth-order valence-corrected chi connectivity index (χ4v) is 7.67. The van der Waals surface area contributed by atoms with E-state index in [-0.39, 0.29) is 29.8 Å². The molecule has 0 radical (unpaired) electrons. The smallest absolute Gasteiger partial charge is 0.264 e. The van der Waals surface area contributed by atoms with Gasteiger partial charge in [-0.15, -0.1) is 0 Å². The highest BCUT2D eigenvalue weighted by atomic mass is 35.5. The Morgan fingerprint density at radius 3 is 2.19 bits per heavy atom. The van der Waals surface area contributed by atoms with E-state index in [2.05, 4.69) is 5.32 Å². The number of nitrogens with one attached hydrogen (secondary N) is 1. The Morgan fingerprint density at radius 1 is 0.875 bits per heavy atom. The minimum Gasteiger partial charge on any atom is -0.497 e. The average Bonchev–Trinajstić information content (AvgIpc) is 3.10. The van der Waals surface area contributed by atoms with Crippen LogP contribution in [0.3, 0.4) is 0 Å². The molecule has 1 aliphatic carbocycles. The number of sulfonamides is 1. The van der Waals surface area contributed by atoms with Crippen LogP contribution < -0.4 is 14.4 Å². The quantitative estimate of drug-likeness (QED) is 0.164. The van der Waals surface area contributed by atoms with E-state index in [1.165, 1.54) is 24.1 Å². The molecule has 10 heteroatoms. The van der Waals surface area contributed by atoms with Gasteiger partial charge in [-0.05, 0) is 79.4 Å². The molecule has 1 N–H and O–H groups in total. The van der Waals surface area contributed by atoms with E-state index in [0.29, 0.717) is 16.5 Å². The number of anilines is 1. The molecule has 1 aliphatic rings. The van der Waals surface area contributed by atoms with Gasteiger partial charge < -0.3 is 15.0 Å². The molecule has 0 heterocycles. The summed E-state index contributed by atoms with van der Waals surface area (Å²) in [6, 6.07) is 28.8. The van der Waals surface area contributed by atoms with E-state index >= 15 is 0 Å². The second-order valence-corrected chi connectivity index (χ2v) is 14.5. The number of halogens is 1. The van der Waals surface area contributed by atoms with Crippen LogP contribution in [0.1, 0.15) is 48.8 Å². The topological polar surface area (TPSA) is 96.0 Å². The number of aryl methyl sites for hydroxylation is 1. The first-order valence-corrected chi connectivity index (χ1v) is 18.1. The van der Waals surface area contributed by atoms with Crippen LogP contribution in [0, 0.1) is 6.92 Å². The summed E-state index contributed by atoms with van der Waals surface area (Å²) in [6.07, 6.45) is 5.22. The molecule has 0 saturated heterocycles. The number of benzene rings is 4. The molecule has 2 amide bonds. The van der Waals surface area contributed by atoms with E-state index in [1.54, 1.807) is 54.6 Å². The second-order valence-electron chi connectivity index (χ2n) is 12.2. The van der Waals surface area contributed by atoms with Gasteiger partial charge in [0.2, 0.25) is 11.8 Å². The highest BCUT2D eigenvalue weighted by Gasteiger charge is 2.35. The molecule has 1 unspecified atom stereocenters. The average molecular weight is 688 g/mol. The number of methoxy groups -OCH3 is 1. The third kappa shape index (κ3) is 8.96. The van der Waals surface area contributed by atoms with Crippen molar-refractivity contribution in [3.05, 3.63) is 125 Å². The molecule has 0 aliphatic heterocycles. The van der Waals surface area contributed by atoms with Crippen LogP contribution in [-0.2, 0) is 32.6 Å². The van der Waals surface area contributed by atoms with Gasteiger partial charge in [-0.1, -0.05) is 91.0 Å². The Labute approximate surface area is 288 Å². The highest BCUT2D eigenvalue weighted by Crippen LogP contribution is 2.27. The van der Waals surface area contributed by atoms with Gasteiger partial charge in [-0.25, -0.2) is 8.42 Å². The minimum absolute atomic E-state index is 0.00828. The molecular weight excluding hydrogens is 646 g/mol. The van der Waals surface area contributed by atoms with Crippen LogP contribution in [0.2, 0.25) is 5.02 Å². The van der Waals surface area contributed by atoms with Gasteiger partial charge in [0.05, 0.1) is 17.7 Å². The Kier molecular flexibility index (Phi) is 11.8. The van der Waals surface area contributed by atoms with Crippen LogP contribution in [0.15, 0.2) is 108 Å². The standard InChI is InChI=1S/C38H42ClN3O5S/c1-28-16-18-33(19-17-28)42(48(45,46)35-22-20-34(47-2)21-23-35)27-37(43)41(26-30-12-9-13-31(39)24-30)36(25-29-10-5-3-6-11-29)38(44)40-32-14-7-4-8-15-32/h3,5-6,9-13,16-24,32,36H,4,7-8,14-15,25-27H2,1-2H3,(H,40,44). The van der Waals surface area contributed by atoms with E-state index in [1.807, 2.05) is 43.3 Å². The number of hydrogen-bond donors (Lipinski definition) is 1. The fourth-order valence-electron chi connectivity index (χ4n) is 6.04. The second kappa shape index (κ2) is 16.2. The molecule has 0 spiro atoms. The summed E-state index contributed by atoms with van der Waals surface area (Å²) >= 11 is 6.36. The number of nitrogens with zero attached hydrogens (tertiary/aromatic N) is 2. The van der Waals surface area contributed by atoms with Gasteiger partial charge in [0.15, 0.2) is 0 Å². The zero-order valence-electron chi connectivity index (χ0n) is 27.3. The summed E-state index contributed by atoms with van der Waals surface area (Å²) < 4.78 is 34.9. The van der Waals surface area contributed by atoms with Crippen molar-refractivity contribution in [3.63, 3.8) is 0 Å². The predicted octanol–water partition coefficient (Wildman–Crippen LogP) is 6.94. The van der Waals surface area contributed by atoms with Crippen molar-refractivity contribution < 1.29 is 22.7 Å². The van der Waals surface area contributed by atoms with Crippen molar-refractivity contribution >= 4 is 39.1 Å². The predicted molar refractivity (Wildman–Crippen MR) is 190 cm³/mol. The summed E-state index contributed by atoms with van der Waals surface area (Å²) in [6.45, 7) is 1.43. The Bertz CT molecular complexity index is 1780. The fraction of sp³-hybridized carbons (Fsp3) is 0.316. The van der Waals surface area contributed by atoms with E-state index in [4.69, 9.17) is 16.3 Å². The lowest BCUT2D eigenvalue weighted by Gasteiger charge is -2.35. The first kappa shape index (κ1) is 35.0. The van der Waals surface area contributed by atoms with Gasteiger partial charge in [-0.3, -0.25) is 13.9 Å². The maximum Gasteiger partial charge on any atom is 0.264 e. The SMILES string of the molecule is COc1ccc(S(=O)(=O)N(CC(=O)N(Cc2cccc(Cl)c2)C(Cc2ccccc2)C(=O)NC2CCCCC2)c2ccc(C)cc2)cc1. The highest BCUT2D eigenvalue weighted by molar-refractivity contribution is 7.92. The number of carbonyl (C=O) groups excluding carboxylic acids is 2. The van der Waals surface area contributed by atoms with E-state index in [0.717, 1.165) is 53.1 Å². The molecule has 1 fully saturated rings. The van der Waals surface area contributed by atoms with Crippen molar-refractivity contribution in [2.45, 2.75) is 69.0 Å². The lowest BCUT2D eigenvalue weighted by Crippen LogP contribution is -2.55. The molecule has 0 bridgehead atoms. The van der Waals surface area contributed by atoms with Crippen LogP contribution >= 0.6 is 11.6 Å². The van der Waals surface area contributed by atoms with Crippen molar-refractivity contribution in [1.29, 1.82) is 0 Å². The van der Waals surface area contributed by atoms with Gasteiger partial charge in [0.1, 0.15) is 18.3 Å². The molecule has 4 aromatic carbocycles. The number of amides is 2. The van der Waals surface area contributed by atoms with Gasteiger partial charge in [0.25, 0.3) is 10.0 Å². The Morgan fingerprint density at radius 2 is 1.54 bits per heavy atom. The number of hydrogen-bond acceptors (Lipinski definition) is 5. The van der Waals surface area contributed by atoms with Crippen LogP contribution in [0.25, 0.3) is 0 Å². The summed E-state index contributed by atoms with van der Waals surface area (Å²) in [7, 11) is -2.71. The maximum atomic E-state index is 14.7. The van der Waals surface area contributed by atoms with Crippen molar-refractivity contribution in [1.82, 2.24) is 10.2 Å². The first-order chi connectivity index (χ1) is 23.1. The Hall–Kier alpha value is -4.34. The molecule has 1 saturated carbocycles. The normalized spacial score (nSPS) is 14.1.